The molecule has 0 spiro atoms. The van der Waals surface area contributed by atoms with Crippen molar-refractivity contribution >= 4 is 11.6 Å². The molecule has 22 heavy (non-hydrogen) atoms. The molecule has 0 unspecified atom stereocenters. The van der Waals surface area contributed by atoms with Gasteiger partial charge < -0.3 is 0 Å². The minimum Gasteiger partial charge on any atom is -0.284 e. The third-order valence-electron chi connectivity index (χ3n) is 4.29. The van der Waals surface area contributed by atoms with Crippen molar-refractivity contribution in [3.63, 3.8) is 0 Å². The van der Waals surface area contributed by atoms with E-state index in [0.29, 0.717) is 11.3 Å². The monoisotopic (exact) mass is 301 g/mol. The number of piperidine rings is 1. The molecule has 1 saturated heterocycles. The molecule has 0 atom stereocenters. The van der Waals surface area contributed by atoms with Gasteiger partial charge in [0.05, 0.1) is 0 Å². The second-order valence-corrected chi connectivity index (χ2v) is 6.99. The fourth-order valence-electron chi connectivity index (χ4n) is 3.20. The molecule has 0 aliphatic carbocycles. The molecule has 0 bridgehead atoms. The zero-order chi connectivity index (χ0) is 16.4. The number of nitrogens with one attached hydrogen (secondary N) is 1. The smallest absolute Gasteiger partial charge is 0.265 e. The standard InChI is InChI=1S/C16H23N5O/c1-15(2)10-5-11-16(3,4)21(15)19-14(22)12-6-8-13(9-7-12)18-20-17/h6-9H,5,10-11H2,1-4H3,(H,19,22). The van der Waals surface area contributed by atoms with E-state index in [2.05, 4.69) is 48.2 Å². The summed E-state index contributed by atoms with van der Waals surface area (Å²) in [7, 11) is 0. The summed E-state index contributed by atoms with van der Waals surface area (Å²) >= 11 is 0. The van der Waals surface area contributed by atoms with Crippen LogP contribution in [0.1, 0.15) is 57.3 Å². The first-order valence-corrected chi connectivity index (χ1v) is 7.53. The molecule has 1 aliphatic heterocycles. The van der Waals surface area contributed by atoms with Gasteiger partial charge in [-0.25, -0.2) is 5.01 Å². The summed E-state index contributed by atoms with van der Waals surface area (Å²) < 4.78 is 0. The van der Waals surface area contributed by atoms with Crippen molar-refractivity contribution in [2.24, 2.45) is 5.11 Å². The molecule has 1 aromatic rings. The van der Waals surface area contributed by atoms with Gasteiger partial charge in [0.15, 0.2) is 0 Å². The summed E-state index contributed by atoms with van der Waals surface area (Å²) in [6.07, 6.45) is 3.26. The first-order valence-electron chi connectivity index (χ1n) is 7.53. The van der Waals surface area contributed by atoms with Crippen LogP contribution in [0.4, 0.5) is 5.69 Å². The molecule has 0 radical (unpaired) electrons. The van der Waals surface area contributed by atoms with Crippen LogP contribution in [-0.2, 0) is 0 Å². The SMILES string of the molecule is CC1(C)CCCC(C)(C)N1NC(=O)c1ccc(N=[N+]=[N-])cc1. The zero-order valence-electron chi connectivity index (χ0n) is 13.6. The van der Waals surface area contributed by atoms with Crippen molar-refractivity contribution < 1.29 is 4.79 Å². The number of azide groups is 1. The molecular weight excluding hydrogens is 278 g/mol. The fraction of sp³-hybridized carbons (Fsp3) is 0.562. The van der Waals surface area contributed by atoms with Gasteiger partial charge in [-0.15, -0.1) is 0 Å². The van der Waals surface area contributed by atoms with Gasteiger partial charge in [0.1, 0.15) is 0 Å². The van der Waals surface area contributed by atoms with Gasteiger partial charge in [-0.05, 0) is 64.6 Å². The van der Waals surface area contributed by atoms with Gasteiger partial charge in [0.25, 0.3) is 5.91 Å². The maximum atomic E-state index is 12.5. The highest BCUT2D eigenvalue weighted by Crippen LogP contribution is 2.36. The molecule has 1 fully saturated rings. The normalized spacial score (nSPS) is 20.0. The number of nitrogens with zero attached hydrogens (tertiary/aromatic N) is 4. The lowest BCUT2D eigenvalue weighted by Crippen LogP contribution is -2.65. The molecule has 0 saturated carbocycles. The van der Waals surface area contributed by atoms with E-state index >= 15 is 0 Å². The zero-order valence-corrected chi connectivity index (χ0v) is 13.6. The van der Waals surface area contributed by atoms with Gasteiger partial charge in [0.2, 0.25) is 0 Å². The Morgan fingerprint density at radius 3 is 2.23 bits per heavy atom. The van der Waals surface area contributed by atoms with Crippen molar-refractivity contribution in [3.8, 4) is 0 Å². The second kappa shape index (κ2) is 5.99. The molecule has 6 nitrogen and oxygen atoms in total. The lowest BCUT2D eigenvalue weighted by atomic mass is 9.81. The number of amides is 1. The summed E-state index contributed by atoms with van der Waals surface area (Å²) in [4.78, 5) is 15.2. The van der Waals surface area contributed by atoms with E-state index in [-0.39, 0.29) is 17.0 Å². The first kappa shape index (κ1) is 16.3. The molecule has 1 amide bonds. The van der Waals surface area contributed by atoms with Crippen LogP contribution in [0.15, 0.2) is 29.4 Å². The number of benzene rings is 1. The van der Waals surface area contributed by atoms with Crippen molar-refractivity contribution in [1.29, 1.82) is 0 Å². The maximum absolute atomic E-state index is 12.5. The van der Waals surface area contributed by atoms with E-state index in [1.165, 1.54) is 0 Å². The van der Waals surface area contributed by atoms with Crippen LogP contribution in [0.3, 0.4) is 0 Å². The van der Waals surface area contributed by atoms with Crippen LogP contribution < -0.4 is 5.43 Å². The summed E-state index contributed by atoms with van der Waals surface area (Å²) in [6.45, 7) is 8.61. The van der Waals surface area contributed by atoms with E-state index in [1.807, 2.05) is 0 Å². The van der Waals surface area contributed by atoms with Crippen molar-refractivity contribution in [2.45, 2.75) is 58.0 Å². The van der Waals surface area contributed by atoms with E-state index in [4.69, 9.17) is 5.53 Å². The Kier molecular flexibility index (Phi) is 4.44. The van der Waals surface area contributed by atoms with Gasteiger partial charge in [-0.3, -0.25) is 10.2 Å². The van der Waals surface area contributed by atoms with E-state index in [1.54, 1.807) is 24.3 Å². The predicted octanol–water partition coefficient (Wildman–Crippen LogP) is 4.32. The molecule has 1 N–H and O–H groups in total. The van der Waals surface area contributed by atoms with Gasteiger partial charge in [0, 0.05) is 27.2 Å². The van der Waals surface area contributed by atoms with Crippen LogP contribution >= 0.6 is 0 Å². The third-order valence-corrected chi connectivity index (χ3v) is 4.29. The van der Waals surface area contributed by atoms with Crippen LogP contribution in [0.2, 0.25) is 0 Å². The Bertz CT molecular complexity index is 583. The highest BCUT2D eigenvalue weighted by Gasteiger charge is 2.42. The number of carbonyl (C=O) groups is 1. The lowest BCUT2D eigenvalue weighted by Gasteiger charge is -2.52. The molecule has 1 aliphatic rings. The summed E-state index contributed by atoms with van der Waals surface area (Å²) in [5.74, 6) is -0.143. The van der Waals surface area contributed by atoms with Crippen molar-refractivity contribution in [3.05, 3.63) is 40.3 Å². The number of hydrogen-bond acceptors (Lipinski definition) is 3. The topological polar surface area (TPSA) is 81.1 Å². The Morgan fingerprint density at radius 1 is 1.18 bits per heavy atom. The molecule has 6 heteroatoms. The van der Waals surface area contributed by atoms with Gasteiger partial charge >= 0.3 is 0 Å². The van der Waals surface area contributed by atoms with Crippen LogP contribution in [0, 0.1) is 0 Å². The van der Waals surface area contributed by atoms with Crippen LogP contribution in [0.25, 0.3) is 10.4 Å². The quantitative estimate of drug-likeness (QED) is 0.512. The van der Waals surface area contributed by atoms with Crippen LogP contribution in [0.5, 0.6) is 0 Å². The summed E-state index contributed by atoms with van der Waals surface area (Å²) in [6, 6.07) is 6.62. The lowest BCUT2D eigenvalue weighted by molar-refractivity contribution is -0.0612. The van der Waals surface area contributed by atoms with Gasteiger partial charge in [-0.2, -0.15) is 0 Å². The summed E-state index contributed by atoms with van der Waals surface area (Å²) in [5.41, 5.74) is 12.3. The van der Waals surface area contributed by atoms with Crippen molar-refractivity contribution in [1.82, 2.24) is 10.4 Å². The van der Waals surface area contributed by atoms with Crippen LogP contribution in [-0.4, -0.2) is 22.0 Å². The number of carbonyl (C=O) groups excluding carboxylic acids is 1. The number of hydrazine groups is 1. The molecular formula is C16H23N5O. The largest absolute Gasteiger partial charge is 0.284 e. The van der Waals surface area contributed by atoms with Crippen molar-refractivity contribution in [2.75, 3.05) is 0 Å². The highest BCUT2D eigenvalue weighted by molar-refractivity contribution is 5.94. The average molecular weight is 301 g/mol. The molecule has 1 heterocycles. The minimum absolute atomic E-state index is 0.0809. The van der Waals surface area contributed by atoms with E-state index in [9.17, 15) is 4.79 Å². The Labute approximate surface area is 131 Å². The fourth-order valence-corrected chi connectivity index (χ4v) is 3.20. The maximum Gasteiger partial charge on any atom is 0.265 e. The highest BCUT2D eigenvalue weighted by atomic mass is 16.2. The Morgan fingerprint density at radius 2 is 1.73 bits per heavy atom. The average Bonchev–Trinajstić information content (AvgIpc) is 2.43. The molecule has 2 rings (SSSR count). The molecule has 0 aromatic heterocycles. The Hall–Kier alpha value is -2.04. The summed E-state index contributed by atoms with van der Waals surface area (Å²) in [5, 5.41) is 5.58. The minimum atomic E-state index is -0.143. The van der Waals surface area contributed by atoms with Gasteiger partial charge in [-0.1, -0.05) is 17.2 Å². The number of hydrogen-bond donors (Lipinski definition) is 1. The molecule has 1 aromatic carbocycles. The Balaban J connectivity index is 2.17. The molecule has 118 valence electrons. The first-order chi connectivity index (χ1) is 10.3. The predicted molar refractivity (Wildman–Crippen MR) is 86.6 cm³/mol. The van der Waals surface area contributed by atoms with E-state index < -0.39 is 0 Å². The van der Waals surface area contributed by atoms with E-state index in [0.717, 1.165) is 19.3 Å². The number of rotatable bonds is 3. The second-order valence-electron chi connectivity index (χ2n) is 6.99. The third kappa shape index (κ3) is 3.40.